The van der Waals surface area contributed by atoms with Gasteiger partial charge in [-0.3, -0.25) is 0 Å². The molecule has 3 N–H and O–H groups in total. The molecular weight excluding hydrogens is 202 g/mol. The van der Waals surface area contributed by atoms with Crippen molar-refractivity contribution in [1.29, 1.82) is 0 Å². The number of nitrogens with one attached hydrogen (secondary N) is 1. The zero-order chi connectivity index (χ0) is 11.4. The number of aliphatic hydroxyl groups excluding tert-OH is 2. The molecule has 0 bridgehead atoms. The fourth-order valence-electron chi connectivity index (χ4n) is 2.19. The molecule has 0 aliphatic carbocycles. The Kier molecular flexibility index (Phi) is 3.93. The quantitative estimate of drug-likeness (QED) is 0.725. The lowest BCUT2D eigenvalue weighted by Crippen LogP contribution is -2.26. The molecule has 1 aromatic carbocycles. The summed E-state index contributed by atoms with van der Waals surface area (Å²) in [6.07, 6.45) is 2.96. The van der Waals surface area contributed by atoms with Gasteiger partial charge in [-0.1, -0.05) is 30.7 Å². The van der Waals surface area contributed by atoms with Gasteiger partial charge in [0.1, 0.15) is 6.10 Å². The zero-order valence-corrected chi connectivity index (χ0v) is 9.39. The van der Waals surface area contributed by atoms with Crippen molar-refractivity contribution in [2.75, 3.05) is 13.2 Å². The molecule has 1 aliphatic heterocycles. The number of rotatable bonds is 3. The first-order chi connectivity index (χ1) is 7.81. The van der Waals surface area contributed by atoms with Crippen molar-refractivity contribution in [3.63, 3.8) is 0 Å². The Morgan fingerprint density at radius 1 is 1.25 bits per heavy atom. The molecule has 0 spiro atoms. The molecule has 1 saturated heterocycles. The second kappa shape index (κ2) is 5.43. The van der Waals surface area contributed by atoms with E-state index in [4.69, 9.17) is 5.11 Å². The summed E-state index contributed by atoms with van der Waals surface area (Å²) in [6.45, 7) is 0.868. The fraction of sp³-hybridized carbons (Fsp3) is 0.538. The van der Waals surface area contributed by atoms with E-state index in [0.717, 1.165) is 12.1 Å². The smallest absolute Gasteiger partial charge is 0.102 e. The van der Waals surface area contributed by atoms with Gasteiger partial charge in [0.05, 0.1) is 6.61 Å². The molecule has 88 valence electrons. The molecule has 0 aromatic heterocycles. The highest BCUT2D eigenvalue weighted by Gasteiger charge is 2.14. The maximum absolute atomic E-state index is 9.46. The molecule has 1 aliphatic rings. The largest absolute Gasteiger partial charge is 0.393 e. The van der Waals surface area contributed by atoms with Crippen LogP contribution in [0.5, 0.6) is 0 Å². The first-order valence-corrected chi connectivity index (χ1v) is 5.93. The van der Waals surface area contributed by atoms with Crippen molar-refractivity contribution in [2.24, 2.45) is 0 Å². The lowest BCUT2D eigenvalue weighted by molar-refractivity contribution is 0.0956. The van der Waals surface area contributed by atoms with Crippen molar-refractivity contribution < 1.29 is 10.2 Å². The highest BCUT2D eigenvalue weighted by atomic mass is 16.3. The monoisotopic (exact) mass is 221 g/mol. The predicted molar refractivity (Wildman–Crippen MR) is 63.1 cm³/mol. The van der Waals surface area contributed by atoms with E-state index in [2.05, 4.69) is 5.32 Å². The topological polar surface area (TPSA) is 52.5 Å². The summed E-state index contributed by atoms with van der Waals surface area (Å²) in [4.78, 5) is 0. The van der Waals surface area contributed by atoms with E-state index in [0.29, 0.717) is 6.04 Å². The summed E-state index contributed by atoms with van der Waals surface area (Å²) >= 11 is 0. The van der Waals surface area contributed by atoms with E-state index in [9.17, 15) is 5.11 Å². The maximum Gasteiger partial charge on any atom is 0.102 e. The van der Waals surface area contributed by atoms with Gasteiger partial charge in [-0.2, -0.15) is 0 Å². The van der Waals surface area contributed by atoms with Crippen LogP contribution in [0, 0.1) is 0 Å². The highest BCUT2D eigenvalue weighted by Crippen LogP contribution is 2.24. The molecule has 0 amide bonds. The Balaban J connectivity index is 2.06. The van der Waals surface area contributed by atoms with Gasteiger partial charge in [0.15, 0.2) is 0 Å². The Morgan fingerprint density at radius 2 is 2.00 bits per heavy atom. The minimum absolute atomic E-state index is 0.221. The van der Waals surface area contributed by atoms with Crippen LogP contribution in [0.3, 0.4) is 0 Å². The van der Waals surface area contributed by atoms with Gasteiger partial charge in [-0.25, -0.2) is 0 Å². The van der Waals surface area contributed by atoms with Crippen molar-refractivity contribution in [1.82, 2.24) is 5.32 Å². The predicted octanol–water partition coefficient (Wildman–Crippen LogP) is 1.53. The molecule has 1 heterocycles. The molecular formula is C13H19NO2. The summed E-state index contributed by atoms with van der Waals surface area (Å²) in [5.41, 5.74) is 2.05. The third kappa shape index (κ3) is 2.61. The first-order valence-electron chi connectivity index (χ1n) is 5.93. The summed E-state index contributed by atoms with van der Waals surface area (Å²) in [6, 6.07) is 8.32. The standard InChI is InChI=1S/C13H19NO2/c15-9-13(16)11-6-4-10(5-7-11)12-3-1-2-8-14-12/h4-7,12-16H,1-3,8-9H2. The van der Waals surface area contributed by atoms with Crippen molar-refractivity contribution in [3.05, 3.63) is 35.4 Å². The average molecular weight is 221 g/mol. The van der Waals surface area contributed by atoms with Gasteiger partial charge < -0.3 is 15.5 Å². The molecule has 2 unspecified atom stereocenters. The van der Waals surface area contributed by atoms with Gasteiger partial charge in [0, 0.05) is 6.04 Å². The number of hydrogen-bond acceptors (Lipinski definition) is 3. The van der Waals surface area contributed by atoms with Gasteiger partial charge in [-0.15, -0.1) is 0 Å². The van der Waals surface area contributed by atoms with Crippen LogP contribution in [-0.2, 0) is 0 Å². The molecule has 16 heavy (non-hydrogen) atoms. The molecule has 3 heteroatoms. The SMILES string of the molecule is OCC(O)c1ccc(C2CCCCN2)cc1. The van der Waals surface area contributed by atoms with Crippen LogP contribution in [0.2, 0.25) is 0 Å². The molecule has 0 saturated carbocycles. The van der Waals surface area contributed by atoms with Gasteiger partial charge in [0.25, 0.3) is 0 Å². The first kappa shape index (κ1) is 11.6. The van der Waals surface area contributed by atoms with E-state index < -0.39 is 6.10 Å². The van der Waals surface area contributed by atoms with Crippen LogP contribution in [0.4, 0.5) is 0 Å². The lowest BCUT2D eigenvalue weighted by Gasteiger charge is -2.24. The minimum atomic E-state index is -0.756. The Labute approximate surface area is 96.1 Å². The Bertz CT molecular complexity index is 317. The minimum Gasteiger partial charge on any atom is -0.393 e. The van der Waals surface area contributed by atoms with Crippen LogP contribution in [-0.4, -0.2) is 23.4 Å². The second-order valence-corrected chi connectivity index (χ2v) is 4.37. The summed E-state index contributed by atoms with van der Waals surface area (Å²) in [5.74, 6) is 0. The molecule has 0 radical (unpaired) electrons. The lowest BCUT2D eigenvalue weighted by atomic mass is 9.96. The van der Waals surface area contributed by atoms with Gasteiger partial charge in [-0.05, 0) is 30.5 Å². The molecule has 2 rings (SSSR count). The van der Waals surface area contributed by atoms with E-state index >= 15 is 0 Å². The van der Waals surface area contributed by atoms with Gasteiger partial charge >= 0.3 is 0 Å². The highest BCUT2D eigenvalue weighted by molar-refractivity contribution is 5.26. The van der Waals surface area contributed by atoms with Crippen molar-refractivity contribution >= 4 is 0 Å². The summed E-state index contributed by atoms with van der Waals surface area (Å²) < 4.78 is 0. The second-order valence-electron chi connectivity index (χ2n) is 4.37. The van der Waals surface area contributed by atoms with E-state index in [1.165, 1.54) is 24.8 Å². The number of piperidine rings is 1. The fourth-order valence-corrected chi connectivity index (χ4v) is 2.19. The number of benzene rings is 1. The van der Waals surface area contributed by atoms with Crippen LogP contribution in [0.25, 0.3) is 0 Å². The maximum atomic E-state index is 9.46. The third-order valence-electron chi connectivity index (χ3n) is 3.21. The van der Waals surface area contributed by atoms with E-state index in [1.807, 2.05) is 24.3 Å². The Morgan fingerprint density at radius 3 is 2.56 bits per heavy atom. The number of aliphatic hydroxyl groups is 2. The van der Waals surface area contributed by atoms with E-state index in [-0.39, 0.29) is 6.61 Å². The molecule has 1 aromatic rings. The van der Waals surface area contributed by atoms with Crippen LogP contribution >= 0.6 is 0 Å². The number of hydrogen-bond donors (Lipinski definition) is 3. The van der Waals surface area contributed by atoms with Crippen LogP contribution in [0.1, 0.15) is 42.5 Å². The van der Waals surface area contributed by atoms with Crippen LogP contribution in [0.15, 0.2) is 24.3 Å². The third-order valence-corrected chi connectivity index (χ3v) is 3.21. The Hall–Kier alpha value is -0.900. The van der Waals surface area contributed by atoms with Crippen LogP contribution < -0.4 is 5.32 Å². The zero-order valence-electron chi connectivity index (χ0n) is 9.39. The normalized spacial score (nSPS) is 23.0. The van der Waals surface area contributed by atoms with E-state index in [1.54, 1.807) is 0 Å². The average Bonchev–Trinajstić information content (AvgIpc) is 2.39. The molecule has 1 fully saturated rings. The van der Waals surface area contributed by atoms with Gasteiger partial charge in [0.2, 0.25) is 0 Å². The molecule has 3 nitrogen and oxygen atoms in total. The summed E-state index contributed by atoms with van der Waals surface area (Å²) in [5, 5.41) is 21.8. The molecule has 2 atom stereocenters. The summed E-state index contributed by atoms with van der Waals surface area (Å²) in [7, 11) is 0. The van der Waals surface area contributed by atoms with Crippen molar-refractivity contribution in [2.45, 2.75) is 31.4 Å². The van der Waals surface area contributed by atoms with Crippen molar-refractivity contribution in [3.8, 4) is 0 Å².